The first-order valence-corrected chi connectivity index (χ1v) is 8.15. The van der Waals surface area contributed by atoms with E-state index >= 15 is 0 Å². The lowest BCUT2D eigenvalue weighted by Gasteiger charge is -2.04. The lowest BCUT2D eigenvalue weighted by Crippen LogP contribution is -2.17. The normalized spacial score (nSPS) is 10.7. The Morgan fingerprint density at radius 2 is 1.96 bits per heavy atom. The average Bonchev–Trinajstić information content (AvgIpc) is 3.17. The molecule has 0 aliphatic heterocycles. The maximum atomic E-state index is 12.3. The molecule has 10 heteroatoms. The summed E-state index contributed by atoms with van der Waals surface area (Å²) in [4.78, 5) is 23.4. The van der Waals surface area contributed by atoms with Crippen molar-refractivity contribution in [2.24, 2.45) is 7.05 Å². The number of aromatic nitrogens is 4. The minimum absolute atomic E-state index is 0.180. The number of hydrogen-bond acceptors (Lipinski definition) is 4. The van der Waals surface area contributed by atoms with E-state index in [2.05, 4.69) is 15.5 Å². The lowest BCUT2D eigenvalue weighted by molar-refractivity contribution is 0.0692. The van der Waals surface area contributed by atoms with Crippen LogP contribution in [0, 0.1) is 0 Å². The predicted molar refractivity (Wildman–Crippen MR) is 95.9 cm³/mol. The molecule has 2 aromatic heterocycles. The molecule has 8 nitrogen and oxygen atoms in total. The number of aromatic carboxylic acids is 1. The van der Waals surface area contributed by atoms with Crippen LogP contribution >= 0.6 is 23.2 Å². The van der Waals surface area contributed by atoms with Crippen molar-refractivity contribution in [1.29, 1.82) is 0 Å². The van der Waals surface area contributed by atoms with Gasteiger partial charge in [0.1, 0.15) is 5.56 Å². The molecule has 134 valence electrons. The molecule has 0 radical (unpaired) electrons. The van der Waals surface area contributed by atoms with Crippen molar-refractivity contribution in [3.05, 3.63) is 63.5 Å². The molecule has 2 heterocycles. The van der Waals surface area contributed by atoms with E-state index in [9.17, 15) is 9.59 Å². The first kappa shape index (κ1) is 18.0. The molecule has 0 atom stereocenters. The van der Waals surface area contributed by atoms with Crippen LogP contribution in [0.4, 0.5) is 5.82 Å². The molecule has 0 spiro atoms. The molecule has 0 aliphatic carbocycles. The summed E-state index contributed by atoms with van der Waals surface area (Å²) in [5.41, 5.74) is 0.525. The summed E-state index contributed by atoms with van der Waals surface area (Å²) in [6.07, 6.45) is 2.94. The van der Waals surface area contributed by atoms with Crippen molar-refractivity contribution < 1.29 is 14.7 Å². The SMILES string of the molecule is Cn1cc(C(=O)O)c(C(=O)Nc2ccn(Cc3ccc(Cl)c(Cl)c3)n2)n1. The van der Waals surface area contributed by atoms with Gasteiger partial charge in [-0.1, -0.05) is 29.3 Å². The van der Waals surface area contributed by atoms with Crippen molar-refractivity contribution in [2.45, 2.75) is 6.54 Å². The van der Waals surface area contributed by atoms with E-state index in [1.165, 1.54) is 17.9 Å². The number of nitrogens with one attached hydrogen (secondary N) is 1. The molecule has 26 heavy (non-hydrogen) atoms. The van der Waals surface area contributed by atoms with Crippen LogP contribution < -0.4 is 5.32 Å². The van der Waals surface area contributed by atoms with Gasteiger partial charge in [-0.3, -0.25) is 14.2 Å². The first-order chi connectivity index (χ1) is 12.3. The Bertz CT molecular complexity index is 996. The van der Waals surface area contributed by atoms with E-state index in [0.717, 1.165) is 5.56 Å². The van der Waals surface area contributed by atoms with E-state index in [0.29, 0.717) is 16.6 Å². The van der Waals surface area contributed by atoms with Crippen LogP contribution in [0.5, 0.6) is 0 Å². The van der Waals surface area contributed by atoms with Crippen molar-refractivity contribution in [3.63, 3.8) is 0 Å². The quantitative estimate of drug-likeness (QED) is 0.693. The summed E-state index contributed by atoms with van der Waals surface area (Å²) < 4.78 is 2.87. The van der Waals surface area contributed by atoms with Crippen molar-refractivity contribution in [3.8, 4) is 0 Å². The number of benzene rings is 1. The largest absolute Gasteiger partial charge is 0.478 e. The van der Waals surface area contributed by atoms with Crippen molar-refractivity contribution in [2.75, 3.05) is 5.32 Å². The van der Waals surface area contributed by atoms with Gasteiger partial charge in [0.25, 0.3) is 5.91 Å². The van der Waals surface area contributed by atoms with Gasteiger partial charge < -0.3 is 10.4 Å². The Hall–Kier alpha value is -2.84. The number of anilines is 1. The highest BCUT2D eigenvalue weighted by Crippen LogP contribution is 2.23. The number of aryl methyl sites for hydroxylation is 1. The highest BCUT2D eigenvalue weighted by Gasteiger charge is 2.21. The minimum Gasteiger partial charge on any atom is -0.478 e. The van der Waals surface area contributed by atoms with Crippen LogP contribution in [-0.2, 0) is 13.6 Å². The van der Waals surface area contributed by atoms with Crippen molar-refractivity contribution in [1.82, 2.24) is 19.6 Å². The molecule has 3 aromatic rings. The van der Waals surface area contributed by atoms with Gasteiger partial charge in [-0.15, -0.1) is 0 Å². The van der Waals surface area contributed by atoms with E-state index < -0.39 is 11.9 Å². The number of hydrogen-bond donors (Lipinski definition) is 2. The molecule has 0 saturated carbocycles. The number of carbonyl (C=O) groups is 2. The number of nitrogens with zero attached hydrogens (tertiary/aromatic N) is 4. The Morgan fingerprint density at radius 1 is 1.19 bits per heavy atom. The lowest BCUT2D eigenvalue weighted by atomic mass is 10.2. The van der Waals surface area contributed by atoms with E-state index in [4.69, 9.17) is 28.3 Å². The summed E-state index contributed by atoms with van der Waals surface area (Å²) >= 11 is 11.9. The second kappa shape index (κ2) is 7.19. The number of carboxylic acid groups (broad SMARTS) is 1. The van der Waals surface area contributed by atoms with Gasteiger partial charge in [0.05, 0.1) is 16.6 Å². The van der Waals surface area contributed by atoms with E-state index in [1.54, 1.807) is 29.1 Å². The van der Waals surface area contributed by atoms with Crippen LogP contribution in [0.2, 0.25) is 10.0 Å². The summed E-state index contributed by atoms with van der Waals surface area (Å²) in [6, 6.07) is 6.84. The number of carbonyl (C=O) groups excluding carboxylic acids is 1. The van der Waals surface area contributed by atoms with Gasteiger partial charge >= 0.3 is 5.97 Å². The third kappa shape index (κ3) is 3.87. The van der Waals surface area contributed by atoms with Crippen LogP contribution in [0.3, 0.4) is 0 Å². The number of amides is 1. The molecule has 0 bridgehead atoms. The number of carboxylic acids is 1. The Morgan fingerprint density at radius 3 is 2.65 bits per heavy atom. The van der Waals surface area contributed by atoms with Crippen molar-refractivity contribution >= 4 is 40.9 Å². The topological polar surface area (TPSA) is 102 Å². The van der Waals surface area contributed by atoms with Gasteiger partial charge in [-0.2, -0.15) is 10.2 Å². The van der Waals surface area contributed by atoms with Crippen LogP contribution in [0.1, 0.15) is 26.4 Å². The zero-order valence-corrected chi connectivity index (χ0v) is 15.0. The standard InChI is InChI=1S/C16H13Cl2N5O3/c1-22-8-10(16(25)26)14(21-22)15(24)19-13-4-5-23(20-13)7-9-2-3-11(17)12(18)6-9/h2-6,8H,7H2,1H3,(H,25,26)(H,19,20,24). The Balaban J connectivity index is 1.73. The molecular formula is C16H13Cl2N5O3. The first-order valence-electron chi connectivity index (χ1n) is 7.39. The molecule has 3 rings (SSSR count). The average molecular weight is 394 g/mol. The second-order valence-electron chi connectivity index (χ2n) is 5.47. The summed E-state index contributed by atoms with van der Waals surface area (Å²) in [6.45, 7) is 0.427. The van der Waals surface area contributed by atoms with Gasteiger partial charge in [-0.25, -0.2) is 4.79 Å². The molecule has 0 aliphatic rings. The van der Waals surface area contributed by atoms with Gasteiger partial charge in [0.15, 0.2) is 11.5 Å². The van der Waals surface area contributed by atoms with Gasteiger partial charge in [0.2, 0.25) is 0 Å². The Labute approximate surface area is 157 Å². The van der Waals surface area contributed by atoms with Crippen LogP contribution in [0.15, 0.2) is 36.7 Å². The smallest absolute Gasteiger partial charge is 0.339 e. The van der Waals surface area contributed by atoms with E-state index in [1.807, 2.05) is 6.07 Å². The fraction of sp³-hybridized carbons (Fsp3) is 0.125. The summed E-state index contributed by atoms with van der Waals surface area (Å²) in [5.74, 6) is -1.60. The third-order valence-corrected chi connectivity index (χ3v) is 4.22. The number of rotatable bonds is 5. The molecular weight excluding hydrogens is 381 g/mol. The zero-order valence-electron chi connectivity index (χ0n) is 13.5. The molecule has 1 amide bonds. The van der Waals surface area contributed by atoms with Gasteiger partial charge in [-0.05, 0) is 17.7 Å². The minimum atomic E-state index is -1.23. The monoisotopic (exact) mass is 393 g/mol. The Kier molecular flexibility index (Phi) is 4.97. The highest BCUT2D eigenvalue weighted by molar-refractivity contribution is 6.42. The molecule has 0 saturated heterocycles. The van der Waals surface area contributed by atoms with Gasteiger partial charge in [0, 0.05) is 25.5 Å². The molecule has 0 fully saturated rings. The van der Waals surface area contributed by atoms with Crippen LogP contribution in [0.25, 0.3) is 0 Å². The number of halogens is 2. The fourth-order valence-electron chi connectivity index (χ4n) is 2.33. The molecule has 0 unspecified atom stereocenters. The fourth-order valence-corrected chi connectivity index (χ4v) is 2.65. The summed E-state index contributed by atoms with van der Waals surface area (Å²) in [5, 5.41) is 20.7. The third-order valence-electron chi connectivity index (χ3n) is 3.49. The van der Waals surface area contributed by atoms with E-state index in [-0.39, 0.29) is 17.1 Å². The highest BCUT2D eigenvalue weighted by atomic mass is 35.5. The second-order valence-corrected chi connectivity index (χ2v) is 6.29. The molecule has 2 N–H and O–H groups in total. The summed E-state index contributed by atoms with van der Waals surface area (Å²) in [7, 11) is 1.54. The molecule has 1 aromatic carbocycles. The predicted octanol–water partition coefficient (Wildman–Crippen LogP) is 2.92. The maximum absolute atomic E-state index is 12.3. The van der Waals surface area contributed by atoms with Crippen LogP contribution in [-0.4, -0.2) is 36.5 Å². The maximum Gasteiger partial charge on any atom is 0.339 e. The zero-order chi connectivity index (χ0) is 18.8.